The standard InChI is InChI=1S/C16H15FN4/c17-13-5-2-1-4-12(13)14-6-3-10-20(14)16-8-7-15-18-9-11-21(15)19-16/h1-2,4-5,7-9,11,14H,3,6,10H2. The molecule has 21 heavy (non-hydrogen) atoms. The quantitative estimate of drug-likeness (QED) is 0.723. The molecule has 2 aromatic heterocycles. The third-order valence-corrected chi connectivity index (χ3v) is 4.05. The number of rotatable bonds is 2. The van der Waals surface area contributed by atoms with Crippen molar-refractivity contribution in [2.45, 2.75) is 18.9 Å². The smallest absolute Gasteiger partial charge is 0.153 e. The molecule has 106 valence electrons. The van der Waals surface area contributed by atoms with Gasteiger partial charge in [-0.25, -0.2) is 13.9 Å². The van der Waals surface area contributed by atoms with E-state index in [4.69, 9.17) is 0 Å². The SMILES string of the molecule is Fc1ccccc1C1CCCN1c1ccc2nccn2n1. The van der Waals surface area contributed by atoms with Crippen molar-refractivity contribution in [3.8, 4) is 0 Å². The largest absolute Gasteiger partial charge is 0.348 e. The molecule has 0 aliphatic carbocycles. The minimum Gasteiger partial charge on any atom is -0.348 e. The van der Waals surface area contributed by atoms with Crippen molar-refractivity contribution in [1.82, 2.24) is 14.6 Å². The number of anilines is 1. The molecule has 5 heteroatoms. The minimum atomic E-state index is -0.141. The van der Waals surface area contributed by atoms with Crippen LogP contribution in [-0.4, -0.2) is 21.1 Å². The summed E-state index contributed by atoms with van der Waals surface area (Å²) in [6.07, 6.45) is 5.55. The van der Waals surface area contributed by atoms with Crippen molar-refractivity contribution < 1.29 is 4.39 Å². The molecule has 0 saturated carbocycles. The lowest BCUT2D eigenvalue weighted by atomic mass is 10.0. The molecule has 1 fully saturated rings. The summed E-state index contributed by atoms with van der Waals surface area (Å²) in [6.45, 7) is 0.895. The summed E-state index contributed by atoms with van der Waals surface area (Å²) in [4.78, 5) is 6.38. The Morgan fingerprint density at radius 2 is 2.05 bits per heavy atom. The molecule has 1 aliphatic heterocycles. The molecule has 1 saturated heterocycles. The Morgan fingerprint density at radius 1 is 1.14 bits per heavy atom. The van der Waals surface area contributed by atoms with Crippen LogP contribution in [0.2, 0.25) is 0 Å². The van der Waals surface area contributed by atoms with E-state index >= 15 is 0 Å². The van der Waals surface area contributed by atoms with Crippen molar-refractivity contribution in [2.75, 3.05) is 11.4 Å². The average molecular weight is 282 g/mol. The zero-order chi connectivity index (χ0) is 14.2. The second-order valence-electron chi connectivity index (χ2n) is 5.29. The first-order valence-corrected chi connectivity index (χ1v) is 7.14. The Bertz CT molecular complexity index is 783. The van der Waals surface area contributed by atoms with E-state index in [9.17, 15) is 4.39 Å². The van der Waals surface area contributed by atoms with E-state index in [-0.39, 0.29) is 11.9 Å². The van der Waals surface area contributed by atoms with Crippen molar-refractivity contribution in [2.24, 2.45) is 0 Å². The summed E-state index contributed by atoms with van der Waals surface area (Å²) in [5, 5.41) is 4.58. The summed E-state index contributed by atoms with van der Waals surface area (Å²) < 4.78 is 15.8. The molecule has 0 amide bonds. The van der Waals surface area contributed by atoms with Crippen molar-refractivity contribution in [3.05, 3.63) is 60.2 Å². The maximum absolute atomic E-state index is 14.1. The summed E-state index contributed by atoms with van der Waals surface area (Å²) in [7, 11) is 0. The molecule has 0 N–H and O–H groups in total. The van der Waals surface area contributed by atoms with E-state index in [2.05, 4.69) is 15.0 Å². The number of hydrogen-bond donors (Lipinski definition) is 0. The Labute approximate surface area is 121 Å². The number of nitrogens with zero attached hydrogens (tertiary/aromatic N) is 4. The molecule has 0 radical (unpaired) electrons. The van der Waals surface area contributed by atoms with Crippen LogP contribution in [0.15, 0.2) is 48.8 Å². The van der Waals surface area contributed by atoms with Crippen LogP contribution in [0.1, 0.15) is 24.4 Å². The number of benzene rings is 1. The second-order valence-corrected chi connectivity index (χ2v) is 5.29. The van der Waals surface area contributed by atoms with Crippen LogP contribution in [0.5, 0.6) is 0 Å². The molecule has 0 bridgehead atoms. The Kier molecular flexibility index (Phi) is 2.84. The van der Waals surface area contributed by atoms with E-state index < -0.39 is 0 Å². The summed E-state index contributed by atoms with van der Waals surface area (Å²) >= 11 is 0. The first kappa shape index (κ1) is 12.3. The van der Waals surface area contributed by atoms with Crippen molar-refractivity contribution in [1.29, 1.82) is 0 Å². The van der Waals surface area contributed by atoms with Gasteiger partial charge >= 0.3 is 0 Å². The fourth-order valence-corrected chi connectivity index (χ4v) is 3.07. The average Bonchev–Trinajstić information content (AvgIpc) is 3.15. The number of aromatic nitrogens is 3. The first-order chi connectivity index (χ1) is 10.3. The lowest BCUT2D eigenvalue weighted by molar-refractivity contribution is 0.578. The maximum atomic E-state index is 14.1. The van der Waals surface area contributed by atoms with E-state index in [1.165, 1.54) is 6.07 Å². The molecule has 4 nitrogen and oxygen atoms in total. The van der Waals surface area contributed by atoms with Gasteiger partial charge in [0.05, 0.1) is 6.04 Å². The Hall–Kier alpha value is -2.43. The van der Waals surface area contributed by atoms with E-state index in [0.717, 1.165) is 36.4 Å². The van der Waals surface area contributed by atoms with Crippen LogP contribution >= 0.6 is 0 Å². The molecule has 1 aromatic carbocycles. The number of imidazole rings is 1. The number of hydrogen-bond acceptors (Lipinski definition) is 3. The Morgan fingerprint density at radius 3 is 2.95 bits per heavy atom. The van der Waals surface area contributed by atoms with E-state index in [0.29, 0.717) is 0 Å². The van der Waals surface area contributed by atoms with Crippen LogP contribution in [0.25, 0.3) is 5.65 Å². The Balaban J connectivity index is 1.74. The van der Waals surface area contributed by atoms with Gasteiger partial charge in [-0.3, -0.25) is 0 Å². The highest BCUT2D eigenvalue weighted by Gasteiger charge is 2.29. The molecule has 1 aliphatic rings. The molecular weight excluding hydrogens is 267 g/mol. The van der Waals surface area contributed by atoms with Gasteiger partial charge in [-0.1, -0.05) is 18.2 Å². The summed E-state index contributed by atoms with van der Waals surface area (Å²) in [5.41, 5.74) is 1.57. The normalized spacial score (nSPS) is 18.5. The third-order valence-electron chi connectivity index (χ3n) is 4.05. The van der Waals surface area contributed by atoms with Gasteiger partial charge in [-0.2, -0.15) is 0 Å². The molecule has 4 rings (SSSR count). The van der Waals surface area contributed by atoms with Gasteiger partial charge in [0.2, 0.25) is 0 Å². The molecular formula is C16H15FN4. The molecule has 1 atom stereocenters. The van der Waals surface area contributed by atoms with Gasteiger partial charge in [-0.05, 0) is 31.0 Å². The lowest BCUT2D eigenvalue weighted by Crippen LogP contribution is -2.24. The number of fused-ring (bicyclic) bond motifs is 1. The van der Waals surface area contributed by atoms with Gasteiger partial charge < -0.3 is 4.90 Å². The third kappa shape index (κ3) is 2.05. The monoisotopic (exact) mass is 282 g/mol. The molecule has 3 heterocycles. The predicted octanol–water partition coefficient (Wildman–Crippen LogP) is 3.21. The highest BCUT2D eigenvalue weighted by Crippen LogP contribution is 2.36. The van der Waals surface area contributed by atoms with Crippen molar-refractivity contribution in [3.63, 3.8) is 0 Å². The van der Waals surface area contributed by atoms with Gasteiger partial charge in [0.15, 0.2) is 5.65 Å². The molecule has 0 spiro atoms. The van der Waals surface area contributed by atoms with Gasteiger partial charge in [0, 0.05) is 24.5 Å². The highest BCUT2D eigenvalue weighted by molar-refractivity contribution is 5.48. The van der Waals surface area contributed by atoms with Gasteiger partial charge in [0.25, 0.3) is 0 Å². The predicted molar refractivity (Wildman–Crippen MR) is 78.7 cm³/mol. The minimum absolute atomic E-state index is 0.0553. The van der Waals surface area contributed by atoms with Crippen LogP contribution < -0.4 is 4.90 Å². The summed E-state index contributed by atoms with van der Waals surface area (Å²) in [5.74, 6) is 0.726. The van der Waals surface area contributed by atoms with Gasteiger partial charge in [0.1, 0.15) is 11.6 Å². The van der Waals surface area contributed by atoms with Crippen LogP contribution in [-0.2, 0) is 0 Å². The van der Waals surface area contributed by atoms with Crippen LogP contribution in [0.3, 0.4) is 0 Å². The zero-order valence-electron chi connectivity index (χ0n) is 11.5. The fourth-order valence-electron chi connectivity index (χ4n) is 3.07. The van der Waals surface area contributed by atoms with E-state index in [1.54, 1.807) is 16.8 Å². The van der Waals surface area contributed by atoms with Crippen LogP contribution in [0, 0.1) is 5.82 Å². The number of halogens is 1. The van der Waals surface area contributed by atoms with Crippen LogP contribution in [0.4, 0.5) is 10.2 Å². The molecule has 3 aromatic rings. The van der Waals surface area contributed by atoms with E-state index in [1.807, 2.05) is 30.5 Å². The molecule has 1 unspecified atom stereocenters. The zero-order valence-corrected chi connectivity index (χ0v) is 11.5. The topological polar surface area (TPSA) is 33.4 Å². The lowest BCUT2D eigenvalue weighted by Gasteiger charge is -2.26. The first-order valence-electron chi connectivity index (χ1n) is 7.14. The highest BCUT2D eigenvalue weighted by atomic mass is 19.1. The van der Waals surface area contributed by atoms with Crippen molar-refractivity contribution >= 4 is 11.5 Å². The fraction of sp³-hybridized carbons (Fsp3) is 0.250. The maximum Gasteiger partial charge on any atom is 0.153 e. The summed E-state index contributed by atoms with van der Waals surface area (Å²) in [6, 6.07) is 11.0. The van der Waals surface area contributed by atoms with Gasteiger partial charge in [-0.15, -0.1) is 5.10 Å². The second kappa shape index (κ2) is 4.84.